The molecule has 1 aliphatic heterocycles. The molecule has 7 nitrogen and oxygen atoms in total. The zero-order valence-electron chi connectivity index (χ0n) is 10.4. The van der Waals surface area contributed by atoms with Crippen LogP contribution in [0.25, 0.3) is 0 Å². The minimum Gasteiger partial charge on any atom is -0.305 e. The number of nitro benzene ring substituents is 1. The second-order valence-electron chi connectivity index (χ2n) is 4.62. The highest BCUT2D eigenvalue weighted by molar-refractivity contribution is 7.89. The second-order valence-corrected chi connectivity index (χ2v) is 6.34. The first-order valence-electron chi connectivity index (χ1n) is 5.84. The van der Waals surface area contributed by atoms with Crippen LogP contribution in [0.5, 0.6) is 0 Å². The van der Waals surface area contributed by atoms with E-state index in [4.69, 9.17) is 0 Å². The number of rotatable bonds is 4. The second kappa shape index (κ2) is 5.24. The summed E-state index contributed by atoms with van der Waals surface area (Å²) in [5.41, 5.74) is -0.230. The molecule has 1 N–H and O–H groups in total. The lowest BCUT2D eigenvalue weighted by Crippen LogP contribution is -2.36. The number of benzene rings is 1. The van der Waals surface area contributed by atoms with E-state index in [2.05, 4.69) is 4.72 Å². The lowest BCUT2D eigenvalue weighted by Gasteiger charge is -2.13. The van der Waals surface area contributed by atoms with Crippen molar-refractivity contribution < 1.29 is 13.3 Å². The summed E-state index contributed by atoms with van der Waals surface area (Å²) in [6.45, 7) is 1.48. The van der Waals surface area contributed by atoms with Gasteiger partial charge in [-0.05, 0) is 26.1 Å². The van der Waals surface area contributed by atoms with E-state index in [0.29, 0.717) is 6.54 Å². The summed E-state index contributed by atoms with van der Waals surface area (Å²) in [6.07, 6.45) is 0.741. The number of sulfonamides is 1. The van der Waals surface area contributed by atoms with Gasteiger partial charge in [0.2, 0.25) is 10.0 Å². The summed E-state index contributed by atoms with van der Waals surface area (Å²) in [7, 11) is -1.79. The first-order valence-corrected chi connectivity index (χ1v) is 7.32. The molecular weight excluding hydrogens is 270 g/mol. The Morgan fingerprint density at radius 2 is 2.21 bits per heavy atom. The Labute approximate surface area is 111 Å². The van der Waals surface area contributed by atoms with Crippen molar-refractivity contribution in [2.75, 3.05) is 20.1 Å². The predicted octanol–water partition coefficient (Wildman–Crippen LogP) is 0.577. The maximum absolute atomic E-state index is 12.1. The van der Waals surface area contributed by atoms with E-state index in [0.717, 1.165) is 19.0 Å². The molecule has 0 radical (unpaired) electrons. The summed E-state index contributed by atoms with van der Waals surface area (Å²) < 4.78 is 26.8. The molecule has 8 heteroatoms. The highest BCUT2D eigenvalue weighted by Crippen LogP contribution is 2.18. The molecule has 1 atom stereocenters. The fourth-order valence-electron chi connectivity index (χ4n) is 2.08. The van der Waals surface area contributed by atoms with E-state index in [1.807, 2.05) is 11.9 Å². The van der Waals surface area contributed by atoms with Crippen LogP contribution in [0, 0.1) is 10.1 Å². The highest BCUT2D eigenvalue weighted by atomic mass is 32.2. The maximum Gasteiger partial charge on any atom is 0.270 e. The van der Waals surface area contributed by atoms with E-state index in [9.17, 15) is 18.5 Å². The van der Waals surface area contributed by atoms with Gasteiger partial charge in [-0.25, -0.2) is 13.1 Å². The van der Waals surface area contributed by atoms with Gasteiger partial charge in [-0.3, -0.25) is 10.1 Å². The molecular formula is C11H15N3O4S. The quantitative estimate of drug-likeness (QED) is 0.645. The molecule has 0 aromatic heterocycles. The minimum absolute atomic E-state index is 0.0729. The molecule has 0 amide bonds. The van der Waals surface area contributed by atoms with Gasteiger partial charge in [0.25, 0.3) is 5.69 Å². The molecule has 0 saturated carbocycles. The van der Waals surface area contributed by atoms with Gasteiger partial charge in [-0.1, -0.05) is 6.07 Å². The van der Waals surface area contributed by atoms with Crippen LogP contribution in [0.1, 0.15) is 6.42 Å². The van der Waals surface area contributed by atoms with Gasteiger partial charge in [0.05, 0.1) is 9.82 Å². The Hall–Kier alpha value is -1.51. The third-order valence-corrected chi connectivity index (χ3v) is 4.57. The van der Waals surface area contributed by atoms with E-state index in [-0.39, 0.29) is 16.6 Å². The highest BCUT2D eigenvalue weighted by Gasteiger charge is 2.26. The smallest absolute Gasteiger partial charge is 0.270 e. The first kappa shape index (κ1) is 13.9. The van der Waals surface area contributed by atoms with Crippen LogP contribution in [0.15, 0.2) is 29.2 Å². The SMILES string of the molecule is CN1CCC(NS(=O)(=O)c2cccc([N+](=O)[O-])c2)C1. The maximum atomic E-state index is 12.1. The summed E-state index contributed by atoms with van der Waals surface area (Å²) in [6, 6.07) is 4.92. The van der Waals surface area contributed by atoms with E-state index in [1.54, 1.807) is 0 Å². The van der Waals surface area contributed by atoms with Crippen LogP contribution in [-0.2, 0) is 10.0 Å². The lowest BCUT2D eigenvalue weighted by molar-refractivity contribution is -0.385. The van der Waals surface area contributed by atoms with Crippen LogP contribution >= 0.6 is 0 Å². The number of non-ortho nitro benzene ring substituents is 1. The lowest BCUT2D eigenvalue weighted by atomic mass is 10.3. The number of nitro groups is 1. The van der Waals surface area contributed by atoms with Crippen molar-refractivity contribution in [1.82, 2.24) is 9.62 Å². The van der Waals surface area contributed by atoms with Crippen molar-refractivity contribution in [3.63, 3.8) is 0 Å². The molecule has 1 unspecified atom stereocenters. The Morgan fingerprint density at radius 1 is 1.47 bits per heavy atom. The van der Waals surface area contributed by atoms with Crippen LogP contribution in [0.3, 0.4) is 0 Å². The Bertz CT molecular complexity index is 587. The third-order valence-electron chi connectivity index (χ3n) is 3.05. The minimum atomic E-state index is -3.70. The molecule has 1 heterocycles. The average Bonchev–Trinajstić information content (AvgIpc) is 2.74. The normalized spacial score (nSPS) is 20.6. The van der Waals surface area contributed by atoms with Gasteiger partial charge < -0.3 is 4.90 Å². The number of likely N-dealkylation sites (tertiary alicyclic amines) is 1. The summed E-state index contributed by atoms with van der Waals surface area (Å²) >= 11 is 0. The largest absolute Gasteiger partial charge is 0.305 e. The van der Waals surface area contributed by atoms with Crippen LogP contribution in [0.4, 0.5) is 5.69 Å². The molecule has 1 fully saturated rings. The fraction of sp³-hybridized carbons (Fsp3) is 0.455. The Balaban J connectivity index is 2.19. The molecule has 0 bridgehead atoms. The predicted molar refractivity (Wildman–Crippen MR) is 69.3 cm³/mol. The topological polar surface area (TPSA) is 92.6 Å². The number of nitrogens with one attached hydrogen (secondary N) is 1. The van der Waals surface area contributed by atoms with Crippen molar-refractivity contribution in [3.8, 4) is 0 Å². The number of hydrogen-bond acceptors (Lipinski definition) is 5. The number of likely N-dealkylation sites (N-methyl/N-ethyl adjacent to an activating group) is 1. The van der Waals surface area contributed by atoms with Crippen molar-refractivity contribution in [3.05, 3.63) is 34.4 Å². The Morgan fingerprint density at radius 3 is 2.79 bits per heavy atom. The molecule has 0 aliphatic carbocycles. The van der Waals surface area contributed by atoms with Crippen molar-refractivity contribution >= 4 is 15.7 Å². The van der Waals surface area contributed by atoms with Crippen LogP contribution in [0.2, 0.25) is 0 Å². The Kier molecular flexibility index (Phi) is 3.83. The monoisotopic (exact) mass is 285 g/mol. The fourth-order valence-corrected chi connectivity index (χ4v) is 3.38. The van der Waals surface area contributed by atoms with Gasteiger partial charge in [-0.2, -0.15) is 0 Å². The van der Waals surface area contributed by atoms with Gasteiger partial charge in [0.1, 0.15) is 0 Å². The van der Waals surface area contributed by atoms with Crippen molar-refractivity contribution in [2.24, 2.45) is 0 Å². The molecule has 19 heavy (non-hydrogen) atoms. The molecule has 2 rings (SSSR count). The van der Waals surface area contributed by atoms with Crippen molar-refractivity contribution in [2.45, 2.75) is 17.4 Å². The van der Waals surface area contributed by atoms with E-state index < -0.39 is 14.9 Å². The zero-order chi connectivity index (χ0) is 14.0. The summed E-state index contributed by atoms with van der Waals surface area (Å²) in [5.74, 6) is 0. The third kappa shape index (κ3) is 3.28. The zero-order valence-corrected chi connectivity index (χ0v) is 11.3. The van der Waals surface area contributed by atoms with Crippen LogP contribution < -0.4 is 4.72 Å². The van der Waals surface area contributed by atoms with E-state index >= 15 is 0 Å². The number of hydrogen-bond donors (Lipinski definition) is 1. The summed E-state index contributed by atoms with van der Waals surface area (Å²) in [5, 5.41) is 10.7. The molecule has 1 saturated heterocycles. The van der Waals surface area contributed by atoms with Gasteiger partial charge >= 0.3 is 0 Å². The molecule has 1 aliphatic rings. The van der Waals surface area contributed by atoms with Crippen molar-refractivity contribution in [1.29, 1.82) is 0 Å². The van der Waals surface area contributed by atoms with Gasteiger partial charge in [-0.15, -0.1) is 0 Å². The first-order chi connectivity index (χ1) is 8.88. The van der Waals surface area contributed by atoms with Gasteiger partial charge in [0, 0.05) is 24.7 Å². The molecule has 1 aromatic rings. The van der Waals surface area contributed by atoms with E-state index in [1.165, 1.54) is 18.2 Å². The molecule has 1 aromatic carbocycles. The van der Waals surface area contributed by atoms with Crippen LogP contribution in [-0.4, -0.2) is 44.4 Å². The number of nitrogens with zero attached hydrogens (tertiary/aromatic N) is 2. The average molecular weight is 285 g/mol. The molecule has 104 valence electrons. The standard InChI is InChI=1S/C11H15N3O4S/c1-13-6-5-9(8-13)12-19(17,18)11-4-2-3-10(7-11)14(15)16/h2-4,7,9,12H,5-6,8H2,1H3. The summed E-state index contributed by atoms with van der Waals surface area (Å²) in [4.78, 5) is 12.0. The molecule has 0 spiro atoms. The van der Waals surface area contributed by atoms with Gasteiger partial charge in [0.15, 0.2) is 0 Å².